The Morgan fingerprint density at radius 2 is 1.93 bits per heavy atom. The number of nitrogens with one attached hydrogen (secondary N) is 1. The Labute approximate surface area is 172 Å². The van der Waals surface area contributed by atoms with Crippen LogP contribution in [0.25, 0.3) is 11.5 Å². The van der Waals surface area contributed by atoms with Gasteiger partial charge in [0.15, 0.2) is 0 Å². The summed E-state index contributed by atoms with van der Waals surface area (Å²) in [4.78, 5) is 16.0. The van der Waals surface area contributed by atoms with Crippen LogP contribution >= 0.6 is 0 Å². The third-order valence-corrected chi connectivity index (χ3v) is 5.07. The molecule has 1 N–H and O–H groups in total. The van der Waals surface area contributed by atoms with Crippen molar-refractivity contribution in [1.29, 1.82) is 0 Å². The molecule has 1 saturated heterocycles. The Kier molecular flexibility index (Phi) is 5.35. The van der Waals surface area contributed by atoms with Gasteiger partial charge in [-0.05, 0) is 42.8 Å². The number of urea groups is 1. The van der Waals surface area contributed by atoms with Gasteiger partial charge in [-0.2, -0.15) is 0 Å². The van der Waals surface area contributed by atoms with E-state index in [1.807, 2.05) is 43.3 Å². The summed E-state index contributed by atoms with van der Waals surface area (Å²) in [6.07, 6.45) is 0.653. The Hall–Kier alpha value is -3.49. The number of rotatable bonds is 4. The van der Waals surface area contributed by atoms with Gasteiger partial charge in [-0.15, -0.1) is 10.2 Å². The maximum atomic E-state index is 13.8. The highest BCUT2D eigenvalue weighted by atomic mass is 19.1. The fourth-order valence-corrected chi connectivity index (χ4v) is 3.35. The number of hydrogen-bond donors (Lipinski definition) is 1. The van der Waals surface area contributed by atoms with Crippen LogP contribution in [0.2, 0.25) is 0 Å². The molecule has 3 aromatic rings. The van der Waals surface area contributed by atoms with Crippen LogP contribution in [0.4, 0.5) is 25.0 Å². The first-order chi connectivity index (χ1) is 14.4. The van der Waals surface area contributed by atoms with Crippen molar-refractivity contribution in [1.82, 2.24) is 15.1 Å². The second-order valence-electron chi connectivity index (χ2n) is 7.37. The Morgan fingerprint density at radius 3 is 2.63 bits per heavy atom. The van der Waals surface area contributed by atoms with E-state index >= 15 is 0 Å². The highest BCUT2D eigenvalue weighted by molar-refractivity contribution is 5.89. The molecule has 1 fully saturated rings. The molecule has 2 heterocycles. The molecule has 9 heteroatoms. The van der Waals surface area contributed by atoms with E-state index in [0.717, 1.165) is 23.4 Å². The average molecular weight is 413 g/mol. The topological polar surface area (TPSA) is 74.5 Å². The Morgan fingerprint density at radius 1 is 1.17 bits per heavy atom. The van der Waals surface area contributed by atoms with E-state index in [9.17, 15) is 13.6 Å². The van der Waals surface area contributed by atoms with Crippen molar-refractivity contribution in [3.8, 4) is 11.5 Å². The van der Waals surface area contributed by atoms with E-state index < -0.39 is 17.7 Å². The third-order valence-electron chi connectivity index (χ3n) is 5.07. The molecule has 0 spiro atoms. The molecule has 7 nitrogen and oxygen atoms in total. The van der Waals surface area contributed by atoms with Gasteiger partial charge >= 0.3 is 6.03 Å². The molecule has 1 aromatic heterocycles. The maximum Gasteiger partial charge on any atom is 0.321 e. The van der Waals surface area contributed by atoms with Crippen molar-refractivity contribution in [3.05, 3.63) is 60.0 Å². The molecule has 2 aromatic carbocycles. The van der Waals surface area contributed by atoms with Crippen LogP contribution < -0.4 is 10.2 Å². The van der Waals surface area contributed by atoms with Crippen LogP contribution in [0.1, 0.15) is 18.2 Å². The maximum absolute atomic E-state index is 13.8. The summed E-state index contributed by atoms with van der Waals surface area (Å²) in [7, 11) is 3.93. The Balaban J connectivity index is 1.40. The number of amides is 2. The van der Waals surface area contributed by atoms with Gasteiger partial charge in [0.1, 0.15) is 11.6 Å². The normalized spacial score (nSPS) is 16.0. The molecular weight excluding hydrogens is 392 g/mol. The minimum Gasteiger partial charge on any atom is -0.420 e. The standard InChI is InChI=1S/C21H21F2N5O2/c1-27(2)16-6-3-13(4-7-16)19-25-26-20(30-19)14-9-10-28(12-14)21(29)24-18-8-5-15(22)11-17(18)23/h3-8,11,14H,9-10,12H2,1-2H3,(H,24,29). The molecular formula is C21H21F2N5O2. The van der Waals surface area contributed by atoms with Crippen molar-refractivity contribution < 1.29 is 18.0 Å². The van der Waals surface area contributed by atoms with Crippen LogP contribution in [0, 0.1) is 11.6 Å². The van der Waals surface area contributed by atoms with Crippen molar-refractivity contribution in [3.63, 3.8) is 0 Å². The summed E-state index contributed by atoms with van der Waals surface area (Å²) < 4.78 is 32.6. The van der Waals surface area contributed by atoms with Gasteiger partial charge in [0.2, 0.25) is 11.8 Å². The quantitative estimate of drug-likeness (QED) is 0.697. The molecule has 2 amide bonds. The number of carbonyl (C=O) groups excluding carboxylic acids is 1. The predicted molar refractivity (Wildman–Crippen MR) is 108 cm³/mol. The van der Waals surface area contributed by atoms with Crippen molar-refractivity contribution >= 4 is 17.4 Å². The summed E-state index contributed by atoms with van der Waals surface area (Å²) in [5.41, 5.74) is 1.82. The van der Waals surface area contributed by atoms with Crippen LogP contribution in [0.5, 0.6) is 0 Å². The molecule has 0 aliphatic carbocycles. The molecule has 4 rings (SSSR count). The molecule has 0 saturated carbocycles. The number of hydrogen-bond acceptors (Lipinski definition) is 5. The monoisotopic (exact) mass is 413 g/mol. The summed E-state index contributed by atoms with van der Waals surface area (Å²) >= 11 is 0. The first kappa shape index (κ1) is 19.8. The summed E-state index contributed by atoms with van der Waals surface area (Å²) in [5.74, 6) is -0.733. The largest absolute Gasteiger partial charge is 0.420 e. The molecule has 0 bridgehead atoms. The van der Waals surface area contributed by atoms with E-state index in [1.165, 1.54) is 6.07 Å². The fraction of sp³-hybridized carbons (Fsp3) is 0.286. The van der Waals surface area contributed by atoms with Gasteiger partial charge < -0.3 is 19.5 Å². The Bertz CT molecular complexity index is 1050. The molecule has 0 radical (unpaired) electrons. The van der Waals surface area contributed by atoms with Gasteiger partial charge in [-0.1, -0.05) is 0 Å². The smallest absolute Gasteiger partial charge is 0.321 e. The van der Waals surface area contributed by atoms with Gasteiger partial charge in [0.05, 0.1) is 11.6 Å². The van der Waals surface area contributed by atoms with Crippen LogP contribution in [0.3, 0.4) is 0 Å². The van der Waals surface area contributed by atoms with Crippen molar-refractivity contribution in [2.24, 2.45) is 0 Å². The number of aromatic nitrogens is 2. The lowest BCUT2D eigenvalue weighted by molar-refractivity contribution is 0.221. The van der Waals surface area contributed by atoms with E-state index in [2.05, 4.69) is 15.5 Å². The molecule has 156 valence electrons. The molecule has 1 aliphatic rings. The number of benzene rings is 2. The summed E-state index contributed by atoms with van der Waals surface area (Å²) in [6, 6.07) is 10.3. The van der Waals surface area contributed by atoms with E-state index in [0.29, 0.717) is 31.3 Å². The first-order valence-electron chi connectivity index (χ1n) is 9.53. The minimum absolute atomic E-state index is 0.0638. The fourth-order valence-electron chi connectivity index (χ4n) is 3.35. The van der Waals surface area contributed by atoms with E-state index in [-0.39, 0.29) is 11.6 Å². The number of carbonyl (C=O) groups is 1. The zero-order chi connectivity index (χ0) is 21.3. The molecule has 1 atom stereocenters. The van der Waals surface area contributed by atoms with E-state index in [1.54, 1.807) is 4.90 Å². The van der Waals surface area contributed by atoms with Gasteiger partial charge in [0.25, 0.3) is 0 Å². The lowest BCUT2D eigenvalue weighted by Crippen LogP contribution is -2.33. The zero-order valence-corrected chi connectivity index (χ0v) is 16.6. The SMILES string of the molecule is CN(C)c1ccc(-c2nnc(C3CCN(C(=O)Nc4ccc(F)cc4F)C3)o2)cc1. The molecule has 1 aliphatic heterocycles. The number of nitrogens with zero attached hydrogens (tertiary/aromatic N) is 4. The van der Waals surface area contributed by atoms with Crippen LogP contribution in [-0.2, 0) is 0 Å². The van der Waals surface area contributed by atoms with E-state index in [4.69, 9.17) is 4.42 Å². The van der Waals surface area contributed by atoms with Crippen LogP contribution in [0.15, 0.2) is 46.9 Å². The van der Waals surface area contributed by atoms with Gasteiger partial charge in [-0.25, -0.2) is 13.6 Å². The molecule has 30 heavy (non-hydrogen) atoms. The van der Waals surface area contributed by atoms with Crippen LogP contribution in [-0.4, -0.2) is 48.3 Å². The van der Waals surface area contributed by atoms with Crippen molar-refractivity contribution in [2.75, 3.05) is 37.4 Å². The second kappa shape index (κ2) is 8.10. The second-order valence-corrected chi connectivity index (χ2v) is 7.37. The van der Waals surface area contributed by atoms with Gasteiger partial charge in [0, 0.05) is 44.5 Å². The minimum atomic E-state index is -0.819. The predicted octanol–water partition coefficient (Wildman–Crippen LogP) is 4.10. The first-order valence-corrected chi connectivity index (χ1v) is 9.53. The number of anilines is 2. The van der Waals surface area contributed by atoms with Gasteiger partial charge in [-0.3, -0.25) is 0 Å². The molecule has 1 unspecified atom stereocenters. The highest BCUT2D eigenvalue weighted by Crippen LogP contribution is 2.30. The number of likely N-dealkylation sites (tertiary alicyclic amines) is 1. The average Bonchev–Trinajstić information content (AvgIpc) is 3.39. The lowest BCUT2D eigenvalue weighted by Gasteiger charge is -2.17. The lowest BCUT2D eigenvalue weighted by atomic mass is 10.1. The summed E-state index contributed by atoms with van der Waals surface area (Å²) in [5, 5.41) is 10.7. The number of halogens is 2. The highest BCUT2D eigenvalue weighted by Gasteiger charge is 2.31. The zero-order valence-electron chi connectivity index (χ0n) is 16.6. The summed E-state index contributed by atoms with van der Waals surface area (Å²) in [6.45, 7) is 0.838. The van der Waals surface area contributed by atoms with Crippen molar-refractivity contribution in [2.45, 2.75) is 12.3 Å². The third kappa shape index (κ3) is 4.10.